The molecule has 2 aromatic carbocycles. The molecule has 0 saturated carbocycles. The molecule has 0 bridgehead atoms. The average molecular weight is 376 g/mol. The van der Waals surface area contributed by atoms with E-state index in [0.29, 0.717) is 36.1 Å². The molecule has 0 aliphatic carbocycles. The van der Waals surface area contributed by atoms with Crippen molar-refractivity contribution < 1.29 is 14.3 Å². The van der Waals surface area contributed by atoms with Crippen LogP contribution < -0.4 is 14.8 Å². The van der Waals surface area contributed by atoms with Gasteiger partial charge < -0.3 is 14.8 Å². The first-order valence-electron chi connectivity index (χ1n) is 9.32. The first-order valence-corrected chi connectivity index (χ1v) is 9.32. The number of nitrogens with one attached hydrogen (secondary N) is 1. The van der Waals surface area contributed by atoms with Crippen LogP contribution in [0.15, 0.2) is 73.1 Å². The van der Waals surface area contributed by atoms with Crippen molar-refractivity contribution in [3.05, 3.63) is 84.2 Å². The number of carbonyl (C=O) groups is 1. The molecular formula is C23H24N2O3. The third-order valence-corrected chi connectivity index (χ3v) is 4.18. The Balaban J connectivity index is 1.57. The summed E-state index contributed by atoms with van der Waals surface area (Å²) in [7, 11) is 0. The summed E-state index contributed by atoms with van der Waals surface area (Å²) in [5, 5.41) is 2.88. The Kier molecular flexibility index (Phi) is 6.63. The number of benzene rings is 2. The number of ether oxygens (including phenoxy) is 2. The lowest BCUT2D eigenvalue weighted by Crippen LogP contribution is -2.28. The Bertz CT molecular complexity index is 910. The Hall–Kier alpha value is -3.34. The summed E-state index contributed by atoms with van der Waals surface area (Å²) >= 11 is 0. The predicted molar refractivity (Wildman–Crippen MR) is 109 cm³/mol. The standard InChI is InChI=1S/C23H24N2O3/c1-17(2)19-9-3-5-11-21(19)27-15-14-25-23(26)20-10-4-6-12-22(20)28-18-8-7-13-24-16-18/h3-13,16-17H,14-15H2,1-2H3,(H,25,26). The third-order valence-electron chi connectivity index (χ3n) is 4.18. The van der Waals surface area contributed by atoms with E-state index in [0.717, 1.165) is 11.3 Å². The highest BCUT2D eigenvalue weighted by molar-refractivity contribution is 5.97. The van der Waals surface area contributed by atoms with Crippen molar-refractivity contribution in [2.75, 3.05) is 13.2 Å². The van der Waals surface area contributed by atoms with E-state index < -0.39 is 0 Å². The molecule has 3 aromatic rings. The number of nitrogens with zero attached hydrogens (tertiary/aromatic N) is 1. The van der Waals surface area contributed by atoms with E-state index in [4.69, 9.17) is 9.47 Å². The Morgan fingerprint density at radius 1 is 1.00 bits per heavy atom. The molecule has 1 N–H and O–H groups in total. The van der Waals surface area contributed by atoms with Gasteiger partial charge in [0.25, 0.3) is 5.91 Å². The van der Waals surface area contributed by atoms with Crippen molar-refractivity contribution in [1.82, 2.24) is 10.3 Å². The molecule has 3 rings (SSSR count). The van der Waals surface area contributed by atoms with Crippen LogP contribution in [0, 0.1) is 0 Å². The number of aromatic nitrogens is 1. The Morgan fingerprint density at radius 3 is 2.50 bits per heavy atom. The predicted octanol–water partition coefficient (Wildman–Crippen LogP) is 4.81. The number of para-hydroxylation sites is 2. The minimum atomic E-state index is -0.208. The van der Waals surface area contributed by atoms with Crippen LogP contribution in [-0.4, -0.2) is 24.0 Å². The van der Waals surface area contributed by atoms with Crippen LogP contribution in [0.5, 0.6) is 17.2 Å². The lowest BCUT2D eigenvalue weighted by molar-refractivity contribution is 0.0944. The summed E-state index contributed by atoms with van der Waals surface area (Å²) in [6, 6.07) is 18.7. The van der Waals surface area contributed by atoms with Crippen LogP contribution in [-0.2, 0) is 0 Å². The minimum absolute atomic E-state index is 0.208. The molecule has 1 aromatic heterocycles. The summed E-state index contributed by atoms with van der Waals surface area (Å²) in [5.41, 5.74) is 1.62. The molecule has 5 heteroatoms. The van der Waals surface area contributed by atoms with Crippen LogP contribution in [0.25, 0.3) is 0 Å². The fourth-order valence-electron chi connectivity index (χ4n) is 2.79. The van der Waals surface area contributed by atoms with E-state index in [1.165, 1.54) is 0 Å². The molecule has 0 aliphatic heterocycles. The monoisotopic (exact) mass is 376 g/mol. The first kappa shape index (κ1) is 19.4. The van der Waals surface area contributed by atoms with Crippen molar-refractivity contribution in [3.8, 4) is 17.2 Å². The molecule has 0 aliphatic rings. The quantitative estimate of drug-likeness (QED) is 0.573. The number of pyridine rings is 1. The van der Waals surface area contributed by atoms with Gasteiger partial charge in [0.1, 0.15) is 23.9 Å². The smallest absolute Gasteiger partial charge is 0.255 e. The molecule has 1 heterocycles. The summed E-state index contributed by atoms with van der Waals surface area (Å²) in [6.07, 6.45) is 3.28. The lowest BCUT2D eigenvalue weighted by atomic mass is 10.0. The van der Waals surface area contributed by atoms with Crippen LogP contribution in [0.2, 0.25) is 0 Å². The number of amides is 1. The highest BCUT2D eigenvalue weighted by Crippen LogP contribution is 2.26. The molecule has 0 saturated heterocycles. The van der Waals surface area contributed by atoms with Gasteiger partial charge in [-0.25, -0.2) is 0 Å². The van der Waals surface area contributed by atoms with Gasteiger partial charge in [-0.2, -0.15) is 0 Å². The van der Waals surface area contributed by atoms with Gasteiger partial charge in [-0.1, -0.05) is 44.2 Å². The molecule has 1 amide bonds. The van der Waals surface area contributed by atoms with Gasteiger partial charge in [-0.05, 0) is 41.8 Å². The highest BCUT2D eigenvalue weighted by Gasteiger charge is 2.13. The van der Waals surface area contributed by atoms with E-state index in [1.807, 2.05) is 24.3 Å². The molecule has 0 atom stereocenters. The van der Waals surface area contributed by atoms with E-state index in [1.54, 1.807) is 42.7 Å². The zero-order valence-corrected chi connectivity index (χ0v) is 16.1. The van der Waals surface area contributed by atoms with E-state index >= 15 is 0 Å². The largest absolute Gasteiger partial charge is 0.491 e. The molecular weight excluding hydrogens is 352 g/mol. The van der Waals surface area contributed by atoms with E-state index in [-0.39, 0.29) is 5.91 Å². The second-order valence-corrected chi connectivity index (χ2v) is 6.58. The van der Waals surface area contributed by atoms with Crippen molar-refractivity contribution in [3.63, 3.8) is 0 Å². The zero-order valence-electron chi connectivity index (χ0n) is 16.1. The number of hydrogen-bond donors (Lipinski definition) is 1. The van der Waals surface area contributed by atoms with Gasteiger partial charge in [0.05, 0.1) is 18.3 Å². The van der Waals surface area contributed by atoms with Gasteiger partial charge in [0.2, 0.25) is 0 Å². The molecule has 0 unspecified atom stereocenters. The summed E-state index contributed by atoms with van der Waals surface area (Å²) in [6.45, 7) is 5.04. The fraction of sp³-hybridized carbons (Fsp3) is 0.217. The van der Waals surface area contributed by atoms with E-state index in [2.05, 4.69) is 30.2 Å². The fourth-order valence-corrected chi connectivity index (χ4v) is 2.79. The Labute approximate surface area is 165 Å². The van der Waals surface area contributed by atoms with Crippen molar-refractivity contribution in [2.24, 2.45) is 0 Å². The second-order valence-electron chi connectivity index (χ2n) is 6.58. The van der Waals surface area contributed by atoms with Gasteiger partial charge >= 0.3 is 0 Å². The molecule has 144 valence electrons. The van der Waals surface area contributed by atoms with Crippen molar-refractivity contribution in [1.29, 1.82) is 0 Å². The average Bonchev–Trinajstić information content (AvgIpc) is 2.72. The molecule has 0 radical (unpaired) electrons. The molecule has 28 heavy (non-hydrogen) atoms. The van der Waals surface area contributed by atoms with Crippen LogP contribution >= 0.6 is 0 Å². The highest BCUT2D eigenvalue weighted by atomic mass is 16.5. The maximum atomic E-state index is 12.6. The third kappa shape index (κ3) is 5.10. The number of rotatable bonds is 8. The maximum absolute atomic E-state index is 12.6. The summed E-state index contributed by atoms with van der Waals surface area (Å²) in [4.78, 5) is 16.6. The molecule has 5 nitrogen and oxygen atoms in total. The van der Waals surface area contributed by atoms with Crippen LogP contribution in [0.3, 0.4) is 0 Å². The van der Waals surface area contributed by atoms with E-state index in [9.17, 15) is 4.79 Å². The van der Waals surface area contributed by atoms with Crippen LogP contribution in [0.4, 0.5) is 0 Å². The molecule has 0 spiro atoms. The van der Waals surface area contributed by atoms with Crippen molar-refractivity contribution in [2.45, 2.75) is 19.8 Å². The lowest BCUT2D eigenvalue weighted by Gasteiger charge is -2.14. The second kappa shape index (κ2) is 9.55. The zero-order chi connectivity index (χ0) is 19.8. The Morgan fingerprint density at radius 2 is 1.75 bits per heavy atom. The molecule has 0 fully saturated rings. The minimum Gasteiger partial charge on any atom is -0.491 e. The maximum Gasteiger partial charge on any atom is 0.255 e. The summed E-state index contributed by atoms with van der Waals surface area (Å²) in [5.74, 6) is 2.09. The number of carbonyl (C=O) groups excluding carboxylic acids is 1. The van der Waals surface area contributed by atoms with Gasteiger partial charge in [-0.15, -0.1) is 0 Å². The van der Waals surface area contributed by atoms with Gasteiger partial charge in [-0.3, -0.25) is 9.78 Å². The number of hydrogen-bond acceptors (Lipinski definition) is 4. The topological polar surface area (TPSA) is 60.5 Å². The van der Waals surface area contributed by atoms with Gasteiger partial charge in [0.15, 0.2) is 0 Å². The van der Waals surface area contributed by atoms with Crippen LogP contribution in [0.1, 0.15) is 35.7 Å². The first-order chi connectivity index (χ1) is 13.6. The van der Waals surface area contributed by atoms with Crippen molar-refractivity contribution >= 4 is 5.91 Å². The SMILES string of the molecule is CC(C)c1ccccc1OCCNC(=O)c1ccccc1Oc1cccnc1. The normalized spacial score (nSPS) is 10.5. The summed E-state index contributed by atoms with van der Waals surface area (Å²) < 4.78 is 11.7. The van der Waals surface area contributed by atoms with Gasteiger partial charge in [0, 0.05) is 6.20 Å².